The second-order valence-electron chi connectivity index (χ2n) is 4.36. The number of anilines is 2. The zero-order chi connectivity index (χ0) is 14.7. The number of rotatable bonds is 4. The zero-order valence-electron chi connectivity index (χ0n) is 11.1. The summed E-state index contributed by atoms with van der Waals surface area (Å²) in [4.78, 5) is 5.37. The fourth-order valence-corrected chi connectivity index (χ4v) is 1.88. The molecule has 0 aliphatic heterocycles. The Morgan fingerprint density at radius 2 is 1.90 bits per heavy atom. The first-order valence-electron chi connectivity index (χ1n) is 6.00. The molecular formula is C14H14F3N3. The van der Waals surface area contributed by atoms with Gasteiger partial charge in [-0.25, -0.2) is 18.2 Å². The van der Waals surface area contributed by atoms with Gasteiger partial charge in [0.1, 0.15) is 5.82 Å². The van der Waals surface area contributed by atoms with Crippen molar-refractivity contribution in [2.75, 3.05) is 24.3 Å². The molecule has 0 unspecified atom stereocenters. The lowest BCUT2D eigenvalue weighted by Crippen LogP contribution is -2.20. The van der Waals surface area contributed by atoms with E-state index < -0.39 is 11.6 Å². The fraction of sp³-hybridized carbons (Fsp3) is 0.214. The van der Waals surface area contributed by atoms with Crippen LogP contribution >= 0.6 is 0 Å². The third-order valence-electron chi connectivity index (χ3n) is 2.82. The summed E-state index contributed by atoms with van der Waals surface area (Å²) in [5.41, 5.74) is 0.670. The molecule has 0 spiro atoms. The van der Waals surface area contributed by atoms with E-state index in [9.17, 15) is 13.2 Å². The maximum atomic E-state index is 13.8. The SMILES string of the molecule is CNc1nc(N(C)Cc2cccc(F)c2)c(F)cc1F. The van der Waals surface area contributed by atoms with Crippen molar-refractivity contribution < 1.29 is 13.2 Å². The van der Waals surface area contributed by atoms with Gasteiger partial charge in [-0.1, -0.05) is 12.1 Å². The zero-order valence-corrected chi connectivity index (χ0v) is 11.1. The topological polar surface area (TPSA) is 28.2 Å². The van der Waals surface area contributed by atoms with Gasteiger partial charge in [-0.3, -0.25) is 0 Å². The number of nitrogens with one attached hydrogen (secondary N) is 1. The van der Waals surface area contributed by atoms with Gasteiger partial charge in [0, 0.05) is 26.7 Å². The van der Waals surface area contributed by atoms with Gasteiger partial charge in [-0.05, 0) is 17.7 Å². The summed E-state index contributed by atoms with van der Waals surface area (Å²) in [6.07, 6.45) is 0. The monoisotopic (exact) mass is 281 g/mol. The molecule has 0 atom stereocenters. The highest BCUT2D eigenvalue weighted by Gasteiger charge is 2.15. The molecule has 3 nitrogen and oxygen atoms in total. The van der Waals surface area contributed by atoms with Crippen molar-refractivity contribution in [3.63, 3.8) is 0 Å². The Morgan fingerprint density at radius 1 is 1.15 bits per heavy atom. The number of hydrogen-bond donors (Lipinski definition) is 1. The van der Waals surface area contributed by atoms with E-state index in [4.69, 9.17) is 0 Å². The van der Waals surface area contributed by atoms with Gasteiger partial charge in [0.25, 0.3) is 0 Å². The van der Waals surface area contributed by atoms with Gasteiger partial charge in [0.05, 0.1) is 0 Å². The van der Waals surface area contributed by atoms with Gasteiger partial charge >= 0.3 is 0 Å². The minimum atomic E-state index is -0.764. The summed E-state index contributed by atoms with van der Waals surface area (Å²) < 4.78 is 40.2. The molecule has 0 saturated carbocycles. The highest BCUT2D eigenvalue weighted by atomic mass is 19.1. The van der Waals surface area contributed by atoms with E-state index in [0.29, 0.717) is 5.56 Å². The van der Waals surface area contributed by atoms with Crippen molar-refractivity contribution in [3.05, 3.63) is 53.3 Å². The number of aromatic nitrogens is 1. The summed E-state index contributed by atoms with van der Waals surface area (Å²) in [6.45, 7) is 0.260. The lowest BCUT2D eigenvalue weighted by molar-refractivity contribution is 0.573. The van der Waals surface area contributed by atoms with Crippen LogP contribution < -0.4 is 10.2 Å². The van der Waals surface area contributed by atoms with Crippen molar-refractivity contribution in [2.24, 2.45) is 0 Å². The van der Waals surface area contributed by atoms with Crippen molar-refractivity contribution >= 4 is 11.6 Å². The summed E-state index contributed by atoms with van der Waals surface area (Å²) in [5.74, 6) is -1.92. The van der Waals surface area contributed by atoms with E-state index in [1.807, 2.05) is 0 Å². The lowest BCUT2D eigenvalue weighted by atomic mass is 10.2. The van der Waals surface area contributed by atoms with Crippen LogP contribution in [-0.4, -0.2) is 19.1 Å². The van der Waals surface area contributed by atoms with Gasteiger partial charge in [-0.2, -0.15) is 0 Å². The van der Waals surface area contributed by atoms with Crippen LogP contribution in [0.3, 0.4) is 0 Å². The van der Waals surface area contributed by atoms with Crippen molar-refractivity contribution in [1.82, 2.24) is 4.98 Å². The van der Waals surface area contributed by atoms with Crippen LogP contribution in [0.4, 0.5) is 24.8 Å². The first-order valence-corrected chi connectivity index (χ1v) is 6.00. The third-order valence-corrected chi connectivity index (χ3v) is 2.82. The molecule has 0 bridgehead atoms. The van der Waals surface area contributed by atoms with E-state index in [1.165, 1.54) is 24.1 Å². The summed E-state index contributed by atoms with van der Waals surface area (Å²) >= 11 is 0. The molecule has 0 fully saturated rings. The minimum absolute atomic E-state index is 0.0000104. The van der Waals surface area contributed by atoms with Crippen LogP contribution in [0.2, 0.25) is 0 Å². The number of pyridine rings is 1. The lowest BCUT2D eigenvalue weighted by Gasteiger charge is -2.19. The molecule has 0 radical (unpaired) electrons. The predicted octanol–water partition coefficient (Wildman–Crippen LogP) is 3.18. The van der Waals surface area contributed by atoms with E-state index in [1.54, 1.807) is 19.2 Å². The normalized spacial score (nSPS) is 10.4. The fourth-order valence-electron chi connectivity index (χ4n) is 1.88. The Kier molecular flexibility index (Phi) is 4.12. The largest absolute Gasteiger partial charge is 0.371 e. The number of nitrogens with zero attached hydrogens (tertiary/aromatic N) is 2. The molecule has 0 saturated heterocycles. The maximum Gasteiger partial charge on any atom is 0.168 e. The van der Waals surface area contributed by atoms with Crippen LogP contribution in [0.25, 0.3) is 0 Å². The van der Waals surface area contributed by atoms with Gasteiger partial charge in [0.15, 0.2) is 23.3 Å². The van der Waals surface area contributed by atoms with Crippen molar-refractivity contribution in [1.29, 1.82) is 0 Å². The highest BCUT2D eigenvalue weighted by molar-refractivity contribution is 5.49. The molecule has 20 heavy (non-hydrogen) atoms. The summed E-state index contributed by atoms with van der Waals surface area (Å²) in [6, 6.07) is 6.76. The Labute approximate surface area is 115 Å². The van der Waals surface area contributed by atoms with E-state index in [0.717, 1.165) is 6.07 Å². The van der Waals surface area contributed by atoms with Crippen LogP contribution in [0.1, 0.15) is 5.56 Å². The molecule has 6 heteroatoms. The van der Waals surface area contributed by atoms with Gasteiger partial charge < -0.3 is 10.2 Å². The molecule has 1 heterocycles. The standard InChI is InChI=1S/C14H14F3N3/c1-18-13-11(16)7-12(17)14(19-13)20(2)8-9-4-3-5-10(15)6-9/h3-7H,8H2,1-2H3,(H,18,19). The number of benzene rings is 1. The average molecular weight is 281 g/mol. The number of halogens is 3. The Morgan fingerprint density at radius 3 is 2.55 bits per heavy atom. The van der Waals surface area contributed by atoms with E-state index >= 15 is 0 Å². The van der Waals surface area contributed by atoms with Crippen LogP contribution in [-0.2, 0) is 6.54 Å². The van der Waals surface area contributed by atoms with Crippen LogP contribution in [0.5, 0.6) is 0 Å². The second kappa shape index (κ2) is 5.81. The average Bonchev–Trinajstić information content (AvgIpc) is 2.38. The van der Waals surface area contributed by atoms with Crippen molar-refractivity contribution in [2.45, 2.75) is 6.54 Å². The highest BCUT2D eigenvalue weighted by Crippen LogP contribution is 2.22. The van der Waals surface area contributed by atoms with E-state index in [-0.39, 0.29) is 24.0 Å². The predicted molar refractivity (Wildman–Crippen MR) is 72.2 cm³/mol. The third kappa shape index (κ3) is 3.01. The quantitative estimate of drug-likeness (QED) is 0.933. The molecule has 0 aliphatic carbocycles. The molecule has 2 rings (SSSR count). The minimum Gasteiger partial charge on any atom is -0.371 e. The summed E-state index contributed by atoms with van der Waals surface area (Å²) in [7, 11) is 3.10. The van der Waals surface area contributed by atoms with E-state index in [2.05, 4.69) is 10.3 Å². The molecular weight excluding hydrogens is 267 g/mol. The maximum absolute atomic E-state index is 13.8. The smallest absolute Gasteiger partial charge is 0.168 e. The molecule has 1 aromatic heterocycles. The first kappa shape index (κ1) is 14.2. The van der Waals surface area contributed by atoms with Crippen LogP contribution in [0, 0.1) is 17.5 Å². The summed E-state index contributed by atoms with van der Waals surface area (Å²) in [5, 5.41) is 2.55. The van der Waals surface area contributed by atoms with Crippen molar-refractivity contribution in [3.8, 4) is 0 Å². The molecule has 1 N–H and O–H groups in total. The molecule has 1 aromatic carbocycles. The van der Waals surface area contributed by atoms with Crippen LogP contribution in [0.15, 0.2) is 30.3 Å². The Hall–Kier alpha value is -2.24. The molecule has 2 aromatic rings. The molecule has 0 amide bonds. The molecule has 0 aliphatic rings. The first-order chi connectivity index (χ1) is 9.51. The Bertz CT molecular complexity index is 617. The number of hydrogen-bond acceptors (Lipinski definition) is 3. The second-order valence-corrected chi connectivity index (χ2v) is 4.36. The van der Waals surface area contributed by atoms with Gasteiger partial charge in [-0.15, -0.1) is 0 Å². The van der Waals surface area contributed by atoms with Gasteiger partial charge in [0.2, 0.25) is 0 Å². The molecule has 106 valence electrons. The Balaban J connectivity index is 2.27.